The third kappa shape index (κ3) is 4.79. The molecule has 0 saturated heterocycles. The molecule has 1 fully saturated rings. The lowest BCUT2D eigenvalue weighted by atomic mass is 9.86. The van der Waals surface area contributed by atoms with Crippen LogP contribution in [0.15, 0.2) is 24.3 Å². The van der Waals surface area contributed by atoms with Crippen LogP contribution in [0.5, 0.6) is 0 Å². The number of anilines is 1. The minimum atomic E-state index is -0.637. The number of nitrogens with one attached hydrogen (secondary N) is 1. The fraction of sp³-hybridized carbons (Fsp3) is 0.556. The molecule has 1 aromatic carbocycles. The maximum absolute atomic E-state index is 12.2. The Bertz CT molecular complexity index is 542. The van der Waals surface area contributed by atoms with Gasteiger partial charge in [-0.15, -0.1) is 0 Å². The number of benzene rings is 1. The van der Waals surface area contributed by atoms with E-state index in [0.717, 1.165) is 32.1 Å². The van der Waals surface area contributed by atoms with E-state index in [1.165, 1.54) is 10.5 Å². The molecule has 0 radical (unpaired) electrons. The van der Waals surface area contributed by atoms with Gasteiger partial charge in [0, 0.05) is 25.2 Å². The monoisotopic (exact) mass is 318 g/mol. The van der Waals surface area contributed by atoms with E-state index >= 15 is 0 Å². The number of likely N-dealkylation sites (N-methyl/N-ethyl adjacent to an activating group) is 1. The van der Waals surface area contributed by atoms with E-state index < -0.39 is 11.8 Å². The van der Waals surface area contributed by atoms with Gasteiger partial charge in [-0.2, -0.15) is 0 Å². The number of amides is 2. The highest BCUT2D eigenvalue weighted by Gasteiger charge is 2.27. The smallest absolute Gasteiger partial charge is 0.313 e. The van der Waals surface area contributed by atoms with Crippen molar-refractivity contribution in [2.75, 3.05) is 18.9 Å². The second-order valence-corrected chi connectivity index (χ2v) is 6.30. The molecule has 2 N–H and O–H groups in total. The molecular weight excluding hydrogens is 292 g/mol. The van der Waals surface area contributed by atoms with Crippen molar-refractivity contribution in [1.82, 2.24) is 4.90 Å². The summed E-state index contributed by atoms with van der Waals surface area (Å²) in [5.41, 5.74) is 1.80. The zero-order valence-corrected chi connectivity index (χ0v) is 13.9. The van der Waals surface area contributed by atoms with Crippen molar-refractivity contribution < 1.29 is 14.7 Å². The number of aryl methyl sites for hydroxylation is 1. The summed E-state index contributed by atoms with van der Waals surface area (Å²) in [5, 5.41) is 12.6. The normalized spacial score (nSPS) is 20.8. The molecule has 1 aliphatic carbocycles. The lowest BCUT2D eigenvalue weighted by Crippen LogP contribution is -2.42. The highest BCUT2D eigenvalue weighted by molar-refractivity contribution is 6.39. The van der Waals surface area contributed by atoms with E-state index in [4.69, 9.17) is 0 Å². The molecule has 23 heavy (non-hydrogen) atoms. The first-order valence-corrected chi connectivity index (χ1v) is 8.34. The van der Waals surface area contributed by atoms with Crippen molar-refractivity contribution in [2.24, 2.45) is 5.92 Å². The van der Waals surface area contributed by atoms with E-state index in [1.54, 1.807) is 19.2 Å². The molecular formula is C18H26N2O3. The fourth-order valence-corrected chi connectivity index (χ4v) is 3.02. The van der Waals surface area contributed by atoms with Gasteiger partial charge in [-0.05, 0) is 37.0 Å². The molecule has 5 heteroatoms. The Kier molecular flexibility index (Phi) is 6.16. The van der Waals surface area contributed by atoms with Crippen LogP contribution in [0.3, 0.4) is 0 Å². The number of carbonyl (C=O) groups is 2. The fourth-order valence-electron chi connectivity index (χ4n) is 3.02. The highest BCUT2D eigenvalue weighted by Crippen LogP contribution is 2.24. The van der Waals surface area contributed by atoms with Crippen LogP contribution in [0.25, 0.3) is 0 Å². The first-order chi connectivity index (χ1) is 11.0. The Morgan fingerprint density at radius 3 is 2.48 bits per heavy atom. The highest BCUT2D eigenvalue weighted by atomic mass is 16.3. The molecule has 2 atom stereocenters. The summed E-state index contributed by atoms with van der Waals surface area (Å²) >= 11 is 0. The Labute approximate surface area is 137 Å². The lowest BCUT2D eigenvalue weighted by molar-refractivity contribution is -0.143. The molecule has 2 amide bonds. The van der Waals surface area contributed by atoms with Gasteiger partial charge in [-0.25, -0.2) is 0 Å². The molecule has 0 heterocycles. The van der Waals surface area contributed by atoms with Gasteiger partial charge in [0.1, 0.15) is 0 Å². The van der Waals surface area contributed by atoms with Gasteiger partial charge in [0.2, 0.25) is 0 Å². The van der Waals surface area contributed by atoms with E-state index in [1.807, 2.05) is 12.1 Å². The Morgan fingerprint density at radius 2 is 1.87 bits per heavy atom. The number of rotatable bonds is 4. The van der Waals surface area contributed by atoms with Crippen LogP contribution < -0.4 is 5.32 Å². The van der Waals surface area contributed by atoms with Crippen LogP contribution in [-0.4, -0.2) is 41.5 Å². The minimum absolute atomic E-state index is 0.0642. The second kappa shape index (κ2) is 8.11. The maximum Gasteiger partial charge on any atom is 0.313 e. The number of hydrogen-bond donors (Lipinski definition) is 2. The molecule has 126 valence electrons. The van der Waals surface area contributed by atoms with Crippen LogP contribution in [0.1, 0.15) is 38.2 Å². The summed E-state index contributed by atoms with van der Waals surface area (Å²) in [6.07, 6.45) is 4.34. The number of aliphatic hydroxyl groups excluding tert-OH is 1. The van der Waals surface area contributed by atoms with Crippen LogP contribution in [0, 0.1) is 5.92 Å². The van der Waals surface area contributed by atoms with Gasteiger partial charge in [-0.1, -0.05) is 31.9 Å². The van der Waals surface area contributed by atoms with Crippen molar-refractivity contribution in [1.29, 1.82) is 0 Å². The molecule has 1 aromatic rings. The Hall–Kier alpha value is -1.88. The number of hydrogen-bond acceptors (Lipinski definition) is 3. The molecule has 0 bridgehead atoms. The van der Waals surface area contributed by atoms with Gasteiger partial charge in [-0.3, -0.25) is 9.59 Å². The summed E-state index contributed by atoms with van der Waals surface area (Å²) in [4.78, 5) is 25.7. The van der Waals surface area contributed by atoms with Crippen LogP contribution >= 0.6 is 0 Å². The van der Waals surface area contributed by atoms with Crippen molar-refractivity contribution >= 4 is 17.5 Å². The molecule has 0 aliphatic heterocycles. The summed E-state index contributed by atoms with van der Waals surface area (Å²) < 4.78 is 0. The molecule has 2 unspecified atom stereocenters. The first kappa shape index (κ1) is 17.5. The number of nitrogens with zero attached hydrogens (tertiary/aromatic N) is 1. The van der Waals surface area contributed by atoms with E-state index in [9.17, 15) is 14.7 Å². The minimum Gasteiger partial charge on any atom is -0.393 e. The number of aliphatic hydroxyl groups is 1. The van der Waals surface area contributed by atoms with Gasteiger partial charge in [0.15, 0.2) is 0 Å². The SMILES string of the molecule is CCc1ccc(NC(=O)C(=O)N(C)CC2CCCCC2O)cc1. The van der Waals surface area contributed by atoms with Gasteiger partial charge < -0.3 is 15.3 Å². The quantitative estimate of drug-likeness (QED) is 0.836. The summed E-state index contributed by atoms with van der Waals surface area (Å²) in [6, 6.07) is 7.47. The first-order valence-electron chi connectivity index (χ1n) is 8.34. The topological polar surface area (TPSA) is 69.6 Å². The molecule has 0 spiro atoms. The zero-order valence-electron chi connectivity index (χ0n) is 13.9. The van der Waals surface area contributed by atoms with Crippen LogP contribution in [0.2, 0.25) is 0 Å². The average Bonchev–Trinajstić information content (AvgIpc) is 2.56. The Morgan fingerprint density at radius 1 is 1.22 bits per heavy atom. The predicted molar refractivity (Wildman–Crippen MR) is 90.1 cm³/mol. The van der Waals surface area contributed by atoms with Crippen molar-refractivity contribution in [2.45, 2.75) is 45.1 Å². The summed E-state index contributed by atoms with van der Waals surface area (Å²) in [5.74, 6) is -1.14. The zero-order chi connectivity index (χ0) is 16.8. The van der Waals surface area contributed by atoms with E-state index in [0.29, 0.717) is 12.2 Å². The lowest BCUT2D eigenvalue weighted by Gasteiger charge is -2.30. The summed E-state index contributed by atoms with van der Waals surface area (Å²) in [6.45, 7) is 2.48. The van der Waals surface area contributed by atoms with Gasteiger partial charge >= 0.3 is 11.8 Å². The third-order valence-corrected chi connectivity index (χ3v) is 4.54. The molecule has 1 aliphatic rings. The average molecular weight is 318 g/mol. The molecule has 1 saturated carbocycles. The summed E-state index contributed by atoms with van der Waals surface area (Å²) in [7, 11) is 1.61. The van der Waals surface area contributed by atoms with Crippen molar-refractivity contribution in [3.63, 3.8) is 0 Å². The Balaban J connectivity index is 1.88. The predicted octanol–water partition coefficient (Wildman–Crippen LogP) is 2.20. The van der Waals surface area contributed by atoms with Crippen molar-refractivity contribution in [3.05, 3.63) is 29.8 Å². The van der Waals surface area contributed by atoms with E-state index in [-0.39, 0.29) is 12.0 Å². The van der Waals surface area contributed by atoms with E-state index in [2.05, 4.69) is 12.2 Å². The number of carbonyl (C=O) groups excluding carboxylic acids is 2. The maximum atomic E-state index is 12.2. The van der Waals surface area contributed by atoms with Crippen LogP contribution in [-0.2, 0) is 16.0 Å². The van der Waals surface area contributed by atoms with Gasteiger partial charge in [0.25, 0.3) is 0 Å². The second-order valence-electron chi connectivity index (χ2n) is 6.30. The van der Waals surface area contributed by atoms with Crippen LogP contribution in [0.4, 0.5) is 5.69 Å². The molecule has 0 aromatic heterocycles. The molecule has 5 nitrogen and oxygen atoms in total. The van der Waals surface area contributed by atoms with Gasteiger partial charge in [0.05, 0.1) is 6.10 Å². The molecule has 2 rings (SSSR count). The van der Waals surface area contributed by atoms with Crippen molar-refractivity contribution in [3.8, 4) is 0 Å². The standard InChI is InChI=1S/C18H26N2O3/c1-3-13-8-10-15(11-9-13)19-17(22)18(23)20(2)12-14-6-4-5-7-16(14)21/h8-11,14,16,21H,3-7,12H2,1-2H3,(H,19,22). The third-order valence-electron chi connectivity index (χ3n) is 4.54. The largest absolute Gasteiger partial charge is 0.393 e.